The average molecular weight is 260 g/mol. The van der Waals surface area contributed by atoms with Gasteiger partial charge in [-0.1, -0.05) is 12.1 Å². The van der Waals surface area contributed by atoms with Gasteiger partial charge in [-0.15, -0.1) is 0 Å². The molecule has 96 valence electrons. The second-order valence-corrected chi connectivity index (χ2v) is 4.63. The molecule has 20 heavy (non-hydrogen) atoms. The monoisotopic (exact) mass is 260 g/mol. The summed E-state index contributed by atoms with van der Waals surface area (Å²) in [6.45, 7) is 0. The van der Waals surface area contributed by atoms with E-state index in [2.05, 4.69) is 32.3 Å². The fourth-order valence-electron chi connectivity index (χ4n) is 2.39. The summed E-state index contributed by atoms with van der Waals surface area (Å²) in [6, 6.07) is 16.1. The number of aromatic amines is 2. The number of nitrogens with one attached hydrogen (secondary N) is 2. The van der Waals surface area contributed by atoms with Crippen molar-refractivity contribution in [2.45, 2.75) is 0 Å². The number of rotatable bonds is 2. The predicted molar refractivity (Wildman–Crippen MR) is 79.1 cm³/mol. The third-order valence-electron chi connectivity index (χ3n) is 3.38. The van der Waals surface area contributed by atoms with Crippen LogP contribution >= 0.6 is 0 Å². The van der Waals surface area contributed by atoms with Crippen LogP contribution in [0.1, 0.15) is 0 Å². The Morgan fingerprint density at radius 2 is 1.95 bits per heavy atom. The third kappa shape index (κ3) is 1.70. The first-order valence-electron chi connectivity index (χ1n) is 6.45. The van der Waals surface area contributed by atoms with E-state index in [1.807, 2.05) is 42.6 Å². The number of hydrogen-bond donors (Lipinski definition) is 2. The van der Waals surface area contributed by atoms with E-state index in [0.717, 1.165) is 33.5 Å². The molecule has 0 aliphatic rings. The first-order valence-corrected chi connectivity index (χ1v) is 6.45. The maximum absolute atomic E-state index is 4.40. The summed E-state index contributed by atoms with van der Waals surface area (Å²) in [4.78, 5) is 7.59. The van der Waals surface area contributed by atoms with Crippen LogP contribution in [0.4, 0.5) is 0 Å². The second-order valence-electron chi connectivity index (χ2n) is 4.63. The lowest BCUT2D eigenvalue weighted by atomic mass is 10.1. The Bertz CT molecular complexity index is 845. The largest absolute Gasteiger partial charge is 0.360 e. The summed E-state index contributed by atoms with van der Waals surface area (Å²) in [5.74, 6) is 0. The van der Waals surface area contributed by atoms with Crippen LogP contribution in [-0.2, 0) is 0 Å². The van der Waals surface area contributed by atoms with Crippen LogP contribution in [0, 0.1) is 0 Å². The fourth-order valence-corrected chi connectivity index (χ4v) is 2.39. The SMILES string of the molecule is c1ccc(-c2ccc3[nH]nc(-c4ccc[nH]4)c3c2)nc1. The Hall–Kier alpha value is -2.88. The third-order valence-corrected chi connectivity index (χ3v) is 3.38. The molecule has 0 aliphatic heterocycles. The maximum Gasteiger partial charge on any atom is 0.116 e. The highest BCUT2D eigenvalue weighted by Gasteiger charge is 2.10. The van der Waals surface area contributed by atoms with E-state index in [9.17, 15) is 0 Å². The van der Waals surface area contributed by atoms with Gasteiger partial charge in [-0.25, -0.2) is 0 Å². The predicted octanol–water partition coefficient (Wildman–Crippen LogP) is 3.62. The molecule has 0 saturated carbocycles. The van der Waals surface area contributed by atoms with Gasteiger partial charge in [0.05, 0.1) is 16.9 Å². The number of benzene rings is 1. The molecule has 3 aromatic heterocycles. The van der Waals surface area contributed by atoms with Crippen molar-refractivity contribution in [1.29, 1.82) is 0 Å². The van der Waals surface area contributed by atoms with Crippen LogP contribution in [0.2, 0.25) is 0 Å². The molecule has 0 bridgehead atoms. The van der Waals surface area contributed by atoms with Crippen LogP contribution in [0.3, 0.4) is 0 Å². The molecule has 0 spiro atoms. The van der Waals surface area contributed by atoms with Crippen molar-refractivity contribution in [3.63, 3.8) is 0 Å². The van der Waals surface area contributed by atoms with Gasteiger partial charge in [0.15, 0.2) is 0 Å². The smallest absolute Gasteiger partial charge is 0.116 e. The Labute approximate surface area is 115 Å². The molecule has 3 heterocycles. The molecular formula is C16H12N4. The minimum atomic E-state index is 0.933. The van der Waals surface area contributed by atoms with Crippen molar-refractivity contribution in [2.24, 2.45) is 0 Å². The lowest BCUT2D eigenvalue weighted by molar-refractivity contribution is 1.12. The van der Waals surface area contributed by atoms with Gasteiger partial charge in [0, 0.05) is 23.3 Å². The topological polar surface area (TPSA) is 57.4 Å². The van der Waals surface area contributed by atoms with E-state index >= 15 is 0 Å². The number of pyridine rings is 1. The Morgan fingerprint density at radius 1 is 0.950 bits per heavy atom. The summed E-state index contributed by atoms with van der Waals surface area (Å²) in [5, 5.41) is 8.55. The van der Waals surface area contributed by atoms with E-state index in [0.29, 0.717) is 0 Å². The number of H-pyrrole nitrogens is 2. The average Bonchev–Trinajstić information content (AvgIpc) is 3.16. The molecule has 4 heteroatoms. The minimum Gasteiger partial charge on any atom is -0.360 e. The normalized spacial score (nSPS) is 11.0. The van der Waals surface area contributed by atoms with E-state index in [1.54, 1.807) is 6.20 Å². The van der Waals surface area contributed by atoms with Crippen molar-refractivity contribution < 1.29 is 0 Å². The first-order chi connectivity index (χ1) is 9.92. The molecule has 4 nitrogen and oxygen atoms in total. The highest BCUT2D eigenvalue weighted by molar-refractivity contribution is 5.94. The molecule has 4 rings (SSSR count). The Kier molecular flexibility index (Phi) is 2.39. The zero-order chi connectivity index (χ0) is 13.4. The van der Waals surface area contributed by atoms with Gasteiger partial charge in [-0.2, -0.15) is 5.10 Å². The van der Waals surface area contributed by atoms with Crippen LogP contribution in [0.25, 0.3) is 33.5 Å². The van der Waals surface area contributed by atoms with Crippen LogP contribution in [0.15, 0.2) is 60.9 Å². The molecule has 0 unspecified atom stereocenters. The molecule has 2 N–H and O–H groups in total. The molecule has 4 aromatic rings. The summed E-state index contributed by atoms with van der Waals surface area (Å²) < 4.78 is 0. The van der Waals surface area contributed by atoms with Gasteiger partial charge < -0.3 is 4.98 Å². The van der Waals surface area contributed by atoms with Crippen molar-refractivity contribution in [2.75, 3.05) is 0 Å². The van der Waals surface area contributed by atoms with Gasteiger partial charge >= 0.3 is 0 Å². The van der Waals surface area contributed by atoms with E-state index in [1.165, 1.54) is 0 Å². The Morgan fingerprint density at radius 3 is 2.75 bits per heavy atom. The maximum atomic E-state index is 4.40. The lowest BCUT2D eigenvalue weighted by Gasteiger charge is -2.01. The van der Waals surface area contributed by atoms with E-state index < -0.39 is 0 Å². The standard InChI is InChI=1S/C16H12N4/c1-2-8-17-13(4-1)11-6-7-14-12(10-11)16(20-19-14)15-5-3-9-18-15/h1-10,18H,(H,19,20). The molecule has 0 fully saturated rings. The number of nitrogens with zero attached hydrogens (tertiary/aromatic N) is 2. The fraction of sp³-hybridized carbons (Fsp3) is 0. The summed E-state index contributed by atoms with van der Waals surface area (Å²) >= 11 is 0. The highest BCUT2D eigenvalue weighted by Crippen LogP contribution is 2.28. The number of aromatic nitrogens is 4. The molecule has 1 aromatic carbocycles. The zero-order valence-electron chi connectivity index (χ0n) is 10.7. The van der Waals surface area contributed by atoms with E-state index in [4.69, 9.17) is 0 Å². The minimum absolute atomic E-state index is 0.933. The summed E-state index contributed by atoms with van der Waals surface area (Å²) in [5.41, 5.74) is 5.02. The van der Waals surface area contributed by atoms with Crippen LogP contribution in [0.5, 0.6) is 0 Å². The van der Waals surface area contributed by atoms with Crippen molar-refractivity contribution in [3.8, 4) is 22.6 Å². The van der Waals surface area contributed by atoms with Gasteiger partial charge in [-0.05, 0) is 36.4 Å². The lowest BCUT2D eigenvalue weighted by Crippen LogP contribution is -1.82. The van der Waals surface area contributed by atoms with Crippen molar-refractivity contribution in [1.82, 2.24) is 20.2 Å². The molecule has 0 atom stereocenters. The zero-order valence-corrected chi connectivity index (χ0v) is 10.7. The van der Waals surface area contributed by atoms with Crippen LogP contribution in [-0.4, -0.2) is 20.2 Å². The highest BCUT2D eigenvalue weighted by atomic mass is 15.1. The molecule has 0 saturated heterocycles. The Balaban J connectivity index is 1.92. The van der Waals surface area contributed by atoms with Gasteiger partial charge in [0.1, 0.15) is 5.69 Å². The van der Waals surface area contributed by atoms with Crippen molar-refractivity contribution in [3.05, 3.63) is 60.9 Å². The quantitative estimate of drug-likeness (QED) is 0.578. The van der Waals surface area contributed by atoms with E-state index in [-0.39, 0.29) is 0 Å². The molecular weight excluding hydrogens is 248 g/mol. The number of hydrogen-bond acceptors (Lipinski definition) is 2. The number of fused-ring (bicyclic) bond motifs is 1. The van der Waals surface area contributed by atoms with Gasteiger partial charge in [0.2, 0.25) is 0 Å². The molecule has 0 aliphatic carbocycles. The first kappa shape index (κ1) is 11.0. The summed E-state index contributed by atoms with van der Waals surface area (Å²) in [7, 11) is 0. The molecule has 0 radical (unpaired) electrons. The molecule has 0 amide bonds. The van der Waals surface area contributed by atoms with Crippen LogP contribution < -0.4 is 0 Å². The van der Waals surface area contributed by atoms with Gasteiger partial charge in [0.25, 0.3) is 0 Å². The van der Waals surface area contributed by atoms with Gasteiger partial charge in [-0.3, -0.25) is 10.1 Å². The van der Waals surface area contributed by atoms with Crippen molar-refractivity contribution >= 4 is 10.9 Å². The second kappa shape index (κ2) is 4.35. The summed E-state index contributed by atoms with van der Waals surface area (Å²) in [6.07, 6.45) is 3.71.